The molecule has 2 atom stereocenters. The fourth-order valence-electron chi connectivity index (χ4n) is 4.09. The molecule has 0 amide bonds. The summed E-state index contributed by atoms with van der Waals surface area (Å²) in [4.78, 5) is 24.1. The van der Waals surface area contributed by atoms with Crippen LogP contribution in [-0.2, 0) is 4.79 Å². The minimum atomic E-state index is -0.206. The minimum Gasteiger partial charge on any atom is -0.295 e. The summed E-state index contributed by atoms with van der Waals surface area (Å²) in [5.41, 5.74) is 2.54. The topological polar surface area (TPSA) is 34.1 Å². The van der Waals surface area contributed by atoms with Crippen molar-refractivity contribution in [3.05, 3.63) is 41.0 Å². The smallest absolute Gasteiger partial charge is 0.165 e. The maximum absolute atomic E-state index is 12.8. The molecule has 0 aromatic heterocycles. The Kier molecular flexibility index (Phi) is 2.98. The highest BCUT2D eigenvalue weighted by atomic mass is 16.1. The second-order valence-electron chi connectivity index (χ2n) is 7.25. The molecule has 2 bridgehead atoms. The summed E-state index contributed by atoms with van der Waals surface area (Å²) in [5, 5.41) is 0. The molecule has 1 aromatic rings. The van der Waals surface area contributed by atoms with E-state index in [1.54, 1.807) is 6.92 Å². The first-order valence-corrected chi connectivity index (χ1v) is 7.65. The van der Waals surface area contributed by atoms with Gasteiger partial charge in [0.1, 0.15) is 0 Å². The van der Waals surface area contributed by atoms with E-state index in [0.29, 0.717) is 17.3 Å². The van der Waals surface area contributed by atoms with Crippen LogP contribution in [0.15, 0.2) is 29.8 Å². The van der Waals surface area contributed by atoms with Crippen LogP contribution in [0.3, 0.4) is 0 Å². The molecule has 2 heteroatoms. The van der Waals surface area contributed by atoms with E-state index in [-0.39, 0.29) is 16.6 Å². The van der Waals surface area contributed by atoms with E-state index in [9.17, 15) is 9.59 Å². The predicted octanol–water partition coefficient (Wildman–Crippen LogP) is 4.30. The Hall–Kier alpha value is -1.70. The van der Waals surface area contributed by atoms with Crippen molar-refractivity contribution in [3.63, 3.8) is 0 Å². The number of carbonyl (C=O) groups is 2. The first-order valence-electron chi connectivity index (χ1n) is 7.65. The van der Waals surface area contributed by atoms with Gasteiger partial charge in [0, 0.05) is 11.0 Å². The number of carbonyl (C=O) groups excluding carboxylic acids is 2. The highest BCUT2D eigenvalue weighted by molar-refractivity contribution is 6.08. The van der Waals surface area contributed by atoms with E-state index in [2.05, 4.69) is 20.8 Å². The van der Waals surface area contributed by atoms with Crippen LogP contribution in [-0.4, -0.2) is 11.6 Å². The molecule has 2 fully saturated rings. The first-order chi connectivity index (χ1) is 9.77. The zero-order chi connectivity index (χ0) is 15.4. The number of fused-ring (bicyclic) bond motifs is 2. The van der Waals surface area contributed by atoms with Gasteiger partial charge in [0.05, 0.1) is 0 Å². The van der Waals surface area contributed by atoms with E-state index in [0.717, 1.165) is 24.0 Å². The number of Topliss-reactive ketones (excluding diaryl/α,β-unsaturated/α-hetero) is 2. The summed E-state index contributed by atoms with van der Waals surface area (Å²) in [6.45, 7) is 8.13. The summed E-state index contributed by atoms with van der Waals surface area (Å²) in [6.07, 6.45) is 4.14. The van der Waals surface area contributed by atoms with Gasteiger partial charge in [-0.25, -0.2) is 0 Å². The number of rotatable bonds is 2. The number of ketones is 2. The van der Waals surface area contributed by atoms with Gasteiger partial charge < -0.3 is 0 Å². The van der Waals surface area contributed by atoms with Crippen LogP contribution in [0.5, 0.6) is 0 Å². The van der Waals surface area contributed by atoms with Crippen molar-refractivity contribution in [2.24, 2.45) is 16.7 Å². The molecule has 0 radical (unpaired) electrons. The summed E-state index contributed by atoms with van der Waals surface area (Å²) in [7, 11) is 0. The van der Waals surface area contributed by atoms with Gasteiger partial charge in [-0.05, 0) is 48.3 Å². The largest absolute Gasteiger partial charge is 0.295 e. The minimum absolute atomic E-state index is 0.0508. The molecule has 2 aliphatic carbocycles. The average molecular weight is 282 g/mol. The number of allylic oxidation sites excluding steroid dienone is 1. The van der Waals surface area contributed by atoms with Gasteiger partial charge in [-0.2, -0.15) is 0 Å². The second-order valence-corrected chi connectivity index (χ2v) is 7.25. The molecule has 3 rings (SSSR count). The van der Waals surface area contributed by atoms with Crippen LogP contribution in [0, 0.1) is 16.7 Å². The van der Waals surface area contributed by atoms with Gasteiger partial charge in [0.15, 0.2) is 11.6 Å². The van der Waals surface area contributed by atoms with Crippen molar-refractivity contribution in [1.82, 2.24) is 0 Å². The van der Waals surface area contributed by atoms with Crippen LogP contribution >= 0.6 is 0 Å². The van der Waals surface area contributed by atoms with E-state index >= 15 is 0 Å². The lowest BCUT2D eigenvalue weighted by Crippen LogP contribution is -2.32. The zero-order valence-corrected chi connectivity index (χ0v) is 13.2. The van der Waals surface area contributed by atoms with Gasteiger partial charge in [0.25, 0.3) is 0 Å². The molecule has 0 aliphatic heterocycles. The second kappa shape index (κ2) is 4.40. The molecule has 1 aromatic carbocycles. The van der Waals surface area contributed by atoms with Crippen molar-refractivity contribution >= 4 is 17.6 Å². The van der Waals surface area contributed by atoms with Crippen LogP contribution in [0.1, 0.15) is 56.5 Å². The summed E-state index contributed by atoms with van der Waals surface area (Å²) in [5.74, 6) is 0.751. The molecule has 21 heavy (non-hydrogen) atoms. The first kappa shape index (κ1) is 14.2. The van der Waals surface area contributed by atoms with Crippen LogP contribution < -0.4 is 0 Å². The Labute approximate surface area is 126 Å². The molecular weight excluding hydrogens is 260 g/mol. The number of benzene rings is 1. The normalized spacial score (nSPS) is 31.9. The summed E-state index contributed by atoms with van der Waals surface area (Å²) >= 11 is 0. The quantitative estimate of drug-likeness (QED) is 0.598. The van der Waals surface area contributed by atoms with Crippen LogP contribution in [0.2, 0.25) is 0 Å². The lowest BCUT2D eigenvalue weighted by atomic mass is 9.70. The molecular formula is C19H22O2. The number of hydrogen-bond donors (Lipinski definition) is 0. The van der Waals surface area contributed by atoms with Gasteiger partial charge in [0.2, 0.25) is 0 Å². The molecule has 0 heterocycles. The fraction of sp³-hybridized carbons (Fsp3) is 0.474. The molecule has 0 spiro atoms. The molecule has 0 N–H and O–H groups in total. The predicted molar refractivity (Wildman–Crippen MR) is 84.0 cm³/mol. The third-order valence-corrected chi connectivity index (χ3v) is 6.00. The standard InChI is InChI=1S/C19H22O2/c1-12(20)14-7-5-13(6-8-14)11-15-16-9-10-19(4,17(15)21)18(16,2)3/h5-8,11,16H,9-10H2,1-4H3. The lowest BCUT2D eigenvalue weighted by molar-refractivity contribution is -0.125. The van der Waals surface area contributed by atoms with Gasteiger partial charge in [-0.3, -0.25) is 9.59 Å². The van der Waals surface area contributed by atoms with Crippen molar-refractivity contribution in [3.8, 4) is 0 Å². The maximum Gasteiger partial charge on any atom is 0.165 e. The maximum atomic E-state index is 12.8. The number of hydrogen-bond acceptors (Lipinski definition) is 2. The molecule has 2 unspecified atom stereocenters. The Morgan fingerprint density at radius 1 is 1.19 bits per heavy atom. The highest BCUT2D eigenvalue weighted by Crippen LogP contribution is 2.65. The van der Waals surface area contributed by atoms with Gasteiger partial charge in [-0.15, -0.1) is 0 Å². The van der Waals surface area contributed by atoms with E-state index < -0.39 is 0 Å². The zero-order valence-electron chi connectivity index (χ0n) is 13.2. The SMILES string of the molecule is CC(=O)c1ccc(C=C2C(=O)C3(C)CCC2C3(C)C)cc1. The Morgan fingerprint density at radius 2 is 1.81 bits per heavy atom. The summed E-state index contributed by atoms with van der Waals surface area (Å²) in [6, 6.07) is 7.52. The van der Waals surface area contributed by atoms with Crippen molar-refractivity contribution < 1.29 is 9.59 Å². The monoisotopic (exact) mass is 282 g/mol. The van der Waals surface area contributed by atoms with Crippen LogP contribution in [0.25, 0.3) is 6.08 Å². The third-order valence-electron chi connectivity index (χ3n) is 6.00. The molecule has 0 saturated heterocycles. The highest BCUT2D eigenvalue weighted by Gasteiger charge is 2.63. The molecule has 2 saturated carbocycles. The molecule has 110 valence electrons. The van der Waals surface area contributed by atoms with E-state index in [4.69, 9.17) is 0 Å². The average Bonchev–Trinajstić information content (AvgIpc) is 2.74. The van der Waals surface area contributed by atoms with Crippen molar-refractivity contribution in [2.75, 3.05) is 0 Å². The third kappa shape index (κ3) is 1.85. The fourth-order valence-corrected chi connectivity index (χ4v) is 4.09. The van der Waals surface area contributed by atoms with E-state index in [1.807, 2.05) is 30.3 Å². The Balaban J connectivity index is 1.98. The van der Waals surface area contributed by atoms with Crippen molar-refractivity contribution in [1.29, 1.82) is 0 Å². The summed E-state index contributed by atoms with van der Waals surface area (Å²) < 4.78 is 0. The molecule has 2 nitrogen and oxygen atoms in total. The Bertz CT molecular complexity index is 649. The van der Waals surface area contributed by atoms with Gasteiger partial charge >= 0.3 is 0 Å². The molecule has 2 aliphatic rings. The van der Waals surface area contributed by atoms with Crippen molar-refractivity contribution in [2.45, 2.75) is 40.5 Å². The van der Waals surface area contributed by atoms with Crippen LogP contribution in [0.4, 0.5) is 0 Å². The lowest BCUT2D eigenvalue weighted by Gasteiger charge is -2.31. The Morgan fingerprint density at radius 3 is 2.29 bits per heavy atom. The van der Waals surface area contributed by atoms with E-state index in [1.165, 1.54) is 0 Å². The van der Waals surface area contributed by atoms with Gasteiger partial charge in [-0.1, -0.05) is 45.0 Å².